The Hall–Kier alpha value is -12.0. The number of ketones is 2. The summed E-state index contributed by atoms with van der Waals surface area (Å²) in [7, 11) is 2.31. The van der Waals surface area contributed by atoms with E-state index in [1.807, 2.05) is 0 Å². The molecule has 0 saturated heterocycles. The Balaban J connectivity index is 1.79. The molecule has 5 rings (SSSR count). The average molecular weight is 1630 g/mol. The summed E-state index contributed by atoms with van der Waals surface area (Å²) in [6.07, 6.45) is 17.5. The van der Waals surface area contributed by atoms with Crippen molar-refractivity contribution in [1.82, 2.24) is 0 Å². The largest absolute Gasteiger partial charge is 0.493 e. The molecule has 0 atom stereocenters. The van der Waals surface area contributed by atoms with Crippen LogP contribution in [-0.2, 0) is 156 Å². The molecule has 4 aromatic carbocycles. The monoisotopic (exact) mass is 1630 g/mol. The first-order chi connectivity index (χ1) is 56.7. The van der Waals surface area contributed by atoms with E-state index >= 15 is 0 Å². The molecule has 1 aliphatic rings. The van der Waals surface area contributed by atoms with E-state index in [9.17, 15) is 57.5 Å². The number of benzene rings is 4. The molecule has 0 fully saturated rings. The molecule has 26 nitrogen and oxygen atoms in total. The SMILES string of the molecule is C=C(COC(=O)/C=C\C(C)=O)C(=O)OCCCc1cc2c(OCCCC)c(c1)Cc1cc(CCCOC(=O)C(=C)COC(=O)/C=C\C(=O)OC)cc(c1OCCCC)Cc1cc(CCCOC(=O)C(=C)COC(=O)/C=C\C(=O)OC)cc(c1OCCCC)Cc1cc(CCCOC(=O)C(=C)COC(=O)/C=C\C(C)=O)cc(c1OCCCC)C2. The van der Waals surface area contributed by atoms with Crippen LogP contribution in [0.5, 0.6) is 23.0 Å². The molecule has 1 aliphatic carbocycles. The molecule has 0 saturated carbocycles. The third-order valence-corrected chi connectivity index (χ3v) is 17.8. The van der Waals surface area contributed by atoms with E-state index in [2.05, 4.69) is 112 Å². The quantitative estimate of drug-likeness (QED) is 0.0151. The number of allylic oxidation sites excluding steroid dienone is 2. The number of methoxy groups -OCH3 is 2. The molecular formula is C92H112O26. The minimum Gasteiger partial charge on any atom is -0.493 e. The van der Waals surface area contributed by atoms with E-state index in [4.69, 9.17) is 56.8 Å². The summed E-state index contributed by atoms with van der Waals surface area (Å²) >= 11 is 0. The molecule has 0 aromatic heterocycles. The first kappa shape index (κ1) is 96.6. The Morgan fingerprint density at radius 2 is 0.475 bits per heavy atom. The molecule has 0 aliphatic heterocycles. The van der Waals surface area contributed by atoms with Gasteiger partial charge in [-0.2, -0.15) is 0 Å². The summed E-state index contributed by atoms with van der Waals surface area (Å²) in [6.45, 7) is 25.2. The first-order valence-corrected chi connectivity index (χ1v) is 39.7. The van der Waals surface area contributed by atoms with Gasteiger partial charge < -0.3 is 66.3 Å². The van der Waals surface area contributed by atoms with Crippen molar-refractivity contribution >= 4 is 71.3 Å². The lowest BCUT2D eigenvalue weighted by Gasteiger charge is -2.25. The number of ether oxygens (including phenoxy) is 14. The molecule has 0 spiro atoms. The summed E-state index contributed by atoms with van der Waals surface area (Å²) in [5.41, 5.74) is 9.41. The van der Waals surface area contributed by atoms with Gasteiger partial charge >= 0.3 is 59.7 Å². The van der Waals surface area contributed by atoms with E-state index in [0.717, 1.165) is 155 Å². The van der Waals surface area contributed by atoms with Gasteiger partial charge in [-0.3, -0.25) is 9.59 Å². The zero-order valence-electron chi connectivity index (χ0n) is 69.3. The van der Waals surface area contributed by atoms with E-state index in [0.29, 0.717) is 126 Å². The van der Waals surface area contributed by atoms with Gasteiger partial charge in [0.05, 0.1) is 89.4 Å². The summed E-state index contributed by atoms with van der Waals surface area (Å²) in [5, 5.41) is 0. The smallest absolute Gasteiger partial charge is 0.336 e. The molecule has 0 heterocycles. The van der Waals surface area contributed by atoms with Crippen molar-refractivity contribution in [3.8, 4) is 23.0 Å². The topological polar surface area (TPSA) is 334 Å². The minimum atomic E-state index is -0.900. The van der Waals surface area contributed by atoms with E-state index in [-0.39, 0.29) is 86.0 Å². The third kappa shape index (κ3) is 35.6. The normalized spacial score (nSPS) is 11.6. The van der Waals surface area contributed by atoms with Gasteiger partial charge in [0.1, 0.15) is 49.4 Å². The zero-order chi connectivity index (χ0) is 86.3. The van der Waals surface area contributed by atoms with Crippen LogP contribution in [0.2, 0.25) is 0 Å². The number of esters is 10. The highest BCUT2D eigenvalue weighted by Gasteiger charge is 2.27. The Morgan fingerprint density at radius 3 is 0.661 bits per heavy atom. The fourth-order valence-corrected chi connectivity index (χ4v) is 11.8. The van der Waals surface area contributed by atoms with Crippen LogP contribution in [0.15, 0.2) is 146 Å². The van der Waals surface area contributed by atoms with Gasteiger partial charge in [0.25, 0.3) is 0 Å². The second-order valence-electron chi connectivity index (χ2n) is 27.9. The maximum absolute atomic E-state index is 13.4. The number of rotatable bonds is 52. The molecule has 0 unspecified atom stereocenters. The van der Waals surface area contributed by atoms with Gasteiger partial charge in [0.15, 0.2) is 11.6 Å². The minimum absolute atomic E-state index is 0.0443. The zero-order valence-corrected chi connectivity index (χ0v) is 69.3. The van der Waals surface area contributed by atoms with E-state index in [1.54, 1.807) is 0 Å². The predicted molar refractivity (Wildman–Crippen MR) is 438 cm³/mol. The maximum atomic E-state index is 13.4. The van der Waals surface area contributed by atoms with Crippen LogP contribution in [0.4, 0.5) is 0 Å². The van der Waals surface area contributed by atoms with Crippen molar-refractivity contribution in [2.75, 3.05) is 93.5 Å². The molecule has 636 valence electrons. The summed E-state index contributed by atoms with van der Waals surface area (Å²) in [5.74, 6) is -6.35. The average Bonchev–Trinajstić information content (AvgIpc) is 0.773. The van der Waals surface area contributed by atoms with Crippen LogP contribution in [-0.4, -0.2) is 165 Å². The van der Waals surface area contributed by atoms with Gasteiger partial charge in [0, 0.05) is 62.1 Å². The molecule has 0 N–H and O–H groups in total. The number of carbonyl (C=O) groups is 12. The van der Waals surface area contributed by atoms with E-state index < -0.39 is 86.1 Å². The fraction of sp³-hybridized carbons (Fsp3) is 0.435. The highest BCUT2D eigenvalue weighted by Crippen LogP contribution is 2.42. The standard InChI is InChI=1S/C92H112O26/c1-13-17-37-107-85-71-45-67(25-21-41-111-89(101)61(5)57-115-81(97)31-29-65(9)93)47-73(85)54-75-49-69(27-23-43-113-91(103)63(7)59-117-83(99)35-33-79(95)105-11)51-77(87(75)109-39-19-15-3)56-78-52-70(28-24-44-114-92(104)64(8)60-118-84(100)36-34-80(96)106-12)50-76(88(78)110-40-20-16-4)55-74-48-68(46-72(53-71)86(74)108-38-18-14-2)26-22-42-112-90(102)62(6)58-116-82(98)32-30-66(10)94/h29-36,45-52H,5-8,13-28,37-44,53-60H2,1-4,9-12H3/b31-29-,32-30-,35-33-,36-34-. The number of hydrogen-bond acceptors (Lipinski definition) is 26. The predicted octanol–water partition coefficient (Wildman–Crippen LogP) is 13.1. The van der Waals surface area contributed by atoms with Crippen molar-refractivity contribution in [2.24, 2.45) is 0 Å². The Labute approximate surface area is 690 Å². The van der Waals surface area contributed by atoms with Crippen LogP contribution in [0, 0.1) is 0 Å². The lowest BCUT2D eigenvalue weighted by Crippen LogP contribution is -2.15. The summed E-state index contributed by atoms with van der Waals surface area (Å²) in [4.78, 5) is 149. The molecule has 0 radical (unpaired) electrons. The maximum Gasteiger partial charge on any atom is 0.336 e. The third-order valence-electron chi connectivity index (χ3n) is 17.8. The van der Waals surface area contributed by atoms with Crippen molar-refractivity contribution in [1.29, 1.82) is 0 Å². The van der Waals surface area contributed by atoms with Crippen LogP contribution in [0.3, 0.4) is 0 Å². The number of hydrogen-bond donors (Lipinski definition) is 0. The lowest BCUT2D eigenvalue weighted by molar-refractivity contribution is -0.143. The van der Waals surface area contributed by atoms with Crippen molar-refractivity contribution in [2.45, 2.75) is 170 Å². The summed E-state index contributed by atoms with van der Waals surface area (Å²) < 4.78 is 80.8. The highest BCUT2D eigenvalue weighted by atomic mass is 16.6. The fourth-order valence-electron chi connectivity index (χ4n) is 11.8. The highest BCUT2D eigenvalue weighted by molar-refractivity contribution is 5.97. The van der Waals surface area contributed by atoms with Gasteiger partial charge in [-0.25, -0.2) is 47.9 Å². The molecule has 8 bridgehead atoms. The van der Waals surface area contributed by atoms with Crippen molar-refractivity contribution in [3.63, 3.8) is 0 Å². The molecule has 118 heavy (non-hydrogen) atoms. The number of aryl methyl sites for hydroxylation is 4. The lowest BCUT2D eigenvalue weighted by atomic mass is 9.87. The van der Waals surface area contributed by atoms with Crippen LogP contribution >= 0.6 is 0 Å². The van der Waals surface area contributed by atoms with Gasteiger partial charge in [-0.15, -0.1) is 0 Å². The molecule has 0 amide bonds. The second-order valence-corrected chi connectivity index (χ2v) is 27.9. The van der Waals surface area contributed by atoms with Crippen LogP contribution < -0.4 is 18.9 Å². The summed E-state index contributed by atoms with van der Waals surface area (Å²) in [6, 6.07) is 16.8. The second kappa shape index (κ2) is 53.3. The molecule has 4 aromatic rings. The van der Waals surface area contributed by atoms with Crippen molar-refractivity contribution < 1.29 is 124 Å². The van der Waals surface area contributed by atoms with E-state index in [1.165, 1.54) is 13.8 Å². The Morgan fingerprint density at radius 1 is 0.280 bits per heavy atom. The van der Waals surface area contributed by atoms with Gasteiger partial charge in [-0.1, -0.05) is 128 Å². The molecule has 26 heteroatoms. The van der Waals surface area contributed by atoms with Crippen LogP contribution in [0.1, 0.15) is 185 Å². The van der Waals surface area contributed by atoms with Crippen molar-refractivity contribution in [3.05, 3.63) is 213 Å². The Bertz CT molecular complexity index is 3930. The number of fused-ring (bicyclic) bond motifs is 8. The Kier molecular flexibility index (Phi) is 43.7. The first-order valence-electron chi connectivity index (χ1n) is 39.7. The van der Waals surface area contributed by atoms with Gasteiger partial charge in [-0.05, 0) is 170 Å². The molecular weight excluding hydrogens is 1520 g/mol. The van der Waals surface area contributed by atoms with Gasteiger partial charge in [0.2, 0.25) is 0 Å². The number of unbranched alkanes of at least 4 members (excludes halogenated alkanes) is 4. The van der Waals surface area contributed by atoms with Crippen LogP contribution in [0.25, 0.3) is 0 Å². The number of carbonyl (C=O) groups excluding carboxylic acids is 12.